The number of hydrogen-bond donors (Lipinski definition) is 0. The highest BCUT2D eigenvalue weighted by atomic mass is 16.2. The lowest BCUT2D eigenvalue weighted by atomic mass is 9.88. The molecule has 1 aromatic carbocycles. The molecule has 2 aromatic rings. The zero-order valence-corrected chi connectivity index (χ0v) is 12.2. The van der Waals surface area contributed by atoms with Crippen LogP contribution < -0.4 is 4.90 Å². The van der Waals surface area contributed by atoms with E-state index in [1.165, 1.54) is 10.8 Å². The Morgan fingerprint density at radius 1 is 1.19 bits per heavy atom. The first-order chi connectivity index (χ1) is 10.2. The number of likely N-dealkylation sites (tertiary alicyclic amines) is 1. The van der Waals surface area contributed by atoms with Crippen molar-refractivity contribution < 1.29 is 4.79 Å². The van der Waals surface area contributed by atoms with E-state index in [1.54, 1.807) is 0 Å². The van der Waals surface area contributed by atoms with E-state index in [2.05, 4.69) is 28.1 Å². The predicted octanol–water partition coefficient (Wildman–Crippen LogP) is 2.15. The van der Waals surface area contributed by atoms with E-state index < -0.39 is 0 Å². The Balaban J connectivity index is 1.70. The lowest BCUT2D eigenvalue weighted by molar-refractivity contribution is -0.137. The summed E-state index contributed by atoms with van der Waals surface area (Å²) in [6, 6.07) is 10.4. The summed E-state index contributed by atoms with van der Waals surface area (Å²) >= 11 is 0. The highest BCUT2D eigenvalue weighted by Gasteiger charge is 2.42. The standard InChI is InChI=1S/C17H19N3O/c1-19-9-7-13-10-20(11-15(13)17(19)21)16-14-5-3-2-4-12(14)6-8-18-16/h2-6,8,13,15H,7,9-11H2,1H3/t13-,15+/m1/s1. The fourth-order valence-electron chi connectivity index (χ4n) is 3.72. The van der Waals surface area contributed by atoms with E-state index >= 15 is 0 Å². The molecule has 0 unspecified atom stereocenters. The van der Waals surface area contributed by atoms with Gasteiger partial charge in [0.05, 0.1) is 5.92 Å². The molecule has 4 heteroatoms. The van der Waals surface area contributed by atoms with Crippen molar-refractivity contribution in [3.8, 4) is 0 Å². The molecule has 0 spiro atoms. The molecule has 4 nitrogen and oxygen atoms in total. The van der Waals surface area contributed by atoms with Gasteiger partial charge in [-0.3, -0.25) is 4.79 Å². The number of hydrogen-bond acceptors (Lipinski definition) is 3. The first-order valence-electron chi connectivity index (χ1n) is 7.58. The molecular weight excluding hydrogens is 262 g/mol. The molecule has 0 saturated carbocycles. The molecule has 2 fully saturated rings. The molecule has 0 N–H and O–H groups in total. The quantitative estimate of drug-likeness (QED) is 0.803. The lowest BCUT2D eigenvalue weighted by Crippen LogP contribution is -2.42. The third-order valence-corrected chi connectivity index (χ3v) is 4.92. The fourth-order valence-corrected chi connectivity index (χ4v) is 3.72. The predicted molar refractivity (Wildman–Crippen MR) is 83.2 cm³/mol. The molecule has 2 atom stereocenters. The molecule has 2 saturated heterocycles. The van der Waals surface area contributed by atoms with Gasteiger partial charge in [0.15, 0.2) is 0 Å². The number of benzene rings is 1. The minimum absolute atomic E-state index is 0.143. The number of pyridine rings is 1. The van der Waals surface area contributed by atoms with Crippen LogP contribution in [-0.4, -0.2) is 42.5 Å². The smallest absolute Gasteiger partial charge is 0.227 e. The molecule has 108 valence electrons. The number of nitrogens with zero attached hydrogens (tertiary/aromatic N) is 3. The van der Waals surface area contributed by atoms with Crippen molar-refractivity contribution in [1.82, 2.24) is 9.88 Å². The van der Waals surface area contributed by atoms with E-state index in [0.717, 1.165) is 31.9 Å². The Morgan fingerprint density at radius 2 is 2.05 bits per heavy atom. The van der Waals surface area contributed by atoms with E-state index in [0.29, 0.717) is 11.8 Å². The second-order valence-electron chi connectivity index (χ2n) is 6.18. The molecule has 2 aliphatic heterocycles. The third kappa shape index (κ3) is 1.97. The fraction of sp³-hybridized carbons (Fsp3) is 0.412. The van der Waals surface area contributed by atoms with Crippen LogP contribution in [0.3, 0.4) is 0 Å². The summed E-state index contributed by atoms with van der Waals surface area (Å²) in [5.41, 5.74) is 0. The highest BCUT2D eigenvalue weighted by Crippen LogP contribution is 2.35. The molecule has 3 heterocycles. The topological polar surface area (TPSA) is 36.4 Å². The number of fused-ring (bicyclic) bond motifs is 2. The zero-order chi connectivity index (χ0) is 14.4. The summed E-state index contributed by atoms with van der Waals surface area (Å²) in [4.78, 5) is 21.1. The van der Waals surface area contributed by atoms with Gasteiger partial charge in [-0.05, 0) is 23.8 Å². The van der Waals surface area contributed by atoms with Gasteiger partial charge >= 0.3 is 0 Å². The minimum Gasteiger partial charge on any atom is -0.355 e. The Labute approximate surface area is 124 Å². The Hall–Kier alpha value is -2.10. The van der Waals surface area contributed by atoms with Gasteiger partial charge in [0.25, 0.3) is 0 Å². The summed E-state index contributed by atoms with van der Waals surface area (Å²) in [6.45, 7) is 2.64. The summed E-state index contributed by atoms with van der Waals surface area (Å²) in [5, 5.41) is 2.39. The SMILES string of the molecule is CN1CC[C@@H]2CN(c3nccc4ccccc34)C[C@@H]2C1=O. The summed E-state index contributed by atoms with van der Waals surface area (Å²) < 4.78 is 0. The van der Waals surface area contributed by atoms with Crippen LogP contribution in [0.4, 0.5) is 5.82 Å². The lowest BCUT2D eigenvalue weighted by Gasteiger charge is -2.30. The normalized spacial score (nSPS) is 25.5. The van der Waals surface area contributed by atoms with E-state index in [4.69, 9.17) is 0 Å². The van der Waals surface area contributed by atoms with Crippen molar-refractivity contribution in [2.45, 2.75) is 6.42 Å². The van der Waals surface area contributed by atoms with Crippen molar-refractivity contribution in [2.75, 3.05) is 31.6 Å². The molecular formula is C17H19N3O. The van der Waals surface area contributed by atoms with E-state index in [1.807, 2.05) is 30.3 Å². The van der Waals surface area contributed by atoms with Crippen molar-refractivity contribution in [3.63, 3.8) is 0 Å². The second kappa shape index (κ2) is 4.72. The van der Waals surface area contributed by atoms with Gasteiger partial charge in [-0.2, -0.15) is 0 Å². The van der Waals surface area contributed by atoms with E-state index in [-0.39, 0.29) is 5.92 Å². The largest absolute Gasteiger partial charge is 0.355 e. The molecule has 0 radical (unpaired) electrons. The monoisotopic (exact) mass is 281 g/mol. The number of carbonyl (C=O) groups excluding carboxylic acids is 1. The van der Waals surface area contributed by atoms with Crippen LogP contribution in [0.1, 0.15) is 6.42 Å². The molecule has 0 bridgehead atoms. The van der Waals surface area contributed by atoms with Crippen LogP contribution >= 0.6 is 0 Å². The average molecular weight is 281 g/mol. The van der Waals surface area contributed by atoms with Gasteiger partial charge in [-0.1, -0.05) is 24.3 Å². The maximum Gasteiger partial charge on any atom is 0.227 e. The molecule has 1 aromatic heterocycles. The van der Waals surface area contributed by atoms with Gasteiger partial charge < -0.3 is 9.80 Å². The Morgan fingerprint density at radius 3 is 2.95 bits per heavy atom. The number of amides is 1. The van der Waals surface area contributed by atoms with Gasteiger partial charge in [0.1, 0.15) is 5.82 Å². The van der Waals surface area contributed by atoms with Crippen molar-refractivity contribution in [3.05, 3.63) is 36.5 Å². The molecule has 2 aliphatic rings. The van der Waals surface area contributed by atoms with Crippen LogP contribution in [0.2, 0.25) is 0 Å². The van der Waals surface area contributed by atoms with Crippen LogP contribution in [0.25, 0.3) is 10.8 Å². The number of rotatable bonds is 1. The van der Waals surface area contributed by atoms with Gasteiger partial charge in [0.2, 0.25) is 5.91 Å². The minimum atomic E-state index is 0.143. The van der Waals surface area contributed by atoms with Crippen LogP contribution in [0.15, 0.2) is 36.5 Å². The molecule has 4 rings (SSSR count). The van der Waals surface area contributed by atoms with Crippen molar-refractivity contribution in [2.24, 2.45) is 11.8 Å². The number of aromatic nitrogens is 1. The zero-order valence-electron chi connectivity index (χ0n) is 12.2. The Bertz CT molecular complexity index is 694. The molecule has 0 aliphatic carbocycles. The number of carbonyl (C=O) groups is 1. The van der Waals surface area contributed by atoms with Crippen molar-refractivity contribution in [1.29, 1.82) is 0 Å². The Kier molecular flexibility index (Phi) is 2.84. The summed E-state index contributed by atoms with van der Waals surface area (Å²) in [5.74, 6) is 1.95. The summed E-state index contributed by atoms with van der Waals surface area (Å²) in [6.07, 6.45) is 2.97. The van der Waals surface area contributed by atoms with E-state index in [9.17, 15) is 4.79 Å². The molecule has 1 amide bonds. The second-order valence-corrected chi connectivity index (χ2v) is 6.18. The maximum absolute atomic E-state index is 12.3. The van der Waals surface area contributed by atoms with Crippen LogP contribution in [0, 0.1) is 11.8 Å². The van der Waals surface area contributed by atoms with Gasteiger partial charge in [-0.15, -0.1) is 0 Å². The molecule has 21 heavy (non-hydrogen) atoms. The maximum atomic E-state index is 12.3. The van der Waals surface area contributed by atoms with Crippen LogP contribution in [0.5, 0.6) is 0 Å². The van der Waals surface area contributed by atoms with Gasteiger partial charge in [0, 0.05) is 38.3 Å². The number of piperidine rings is 1. The van der Waals surface area contributed by atoms with Gasteiger partial charge in [-0.25, -0.2) is 4.98 Å². The third-order valence-electron chi connectivity index (χ3n) is 4.92. The average Bonchev–Trinajstić information content (AvgIpc) is 2.95. The number of anilines is 1. The first-order valence-corrected chi connectivity index (χ1v) is 7.58. The highest BCUT2D eigenvalue weighted by molar-refractivity contribution is 5.92. The van der Waals surface area contributed by atoms with Crippen molar-refractivity contribution >= 4 is 22.5 Å². The van der Waals surface area contributed by atoms with Crippen LogP contribution in [-0.2, 0) is 4.79 Å². The summed E-state index contributed by atoms with van der Waals surface area (Å²) in [7, 11) is 1.91. The first kappa shape index (κ1) is 12.6.